The number of nitrogens with zero attached hydrogens (tertiary/aromatic N) is 1. The van der Waals surface area contributed by atoms with E-state index in [-0.39, 0.29) is 6.03 Å². The first-order valence-electron chi connectivity index (χ1n) is 4.79. The Morgan fingerprint density at radius 2 is 2.00 bits per heavy atom. The fourth-order valence-corrected chi connectivity index (χ4v) is 1.89. The summed E-state index contributed by atoms with van der Waals surface area (Å²) in [5, 5.41) is 7.11. The molecule has 0 fully saturated rings. The molecule has 2 amide bonds. The highest BCUT2D eigenvalue weighted by Gasteiger charge is 2.04. The highest BCUT2D eigenvalue weighted by molar-refractivity contribution is 7.15. The lowest BCUT2D eigenvalue weighted by molar-refractivity contribution is 0.262. The lowest BCUT2D eigenvalue weighted by atomic mass is 10.3. The van der Waals surface area contributed by atoms with E-state index in [2.05, 4.69) is 15.6 Å². The molecule has 0 saturated carbocycles. The van der Waals surface area contributed by atoms with Crippen molar-refractivity contribution in [1.29, 1.82) is 0 Å². The van der Waals surface area contributed by atoms with Crippen LogP contribution in [0.25, 0.3) is 0 Å². The SMILES string of the molecule is Cc1ncc(NC(=O)Nc2ccccc2)s1. The number of aromatic nitrogens is 1. The Kier molecular flexibility index (Phi) is 3.16. The monoisotopic (exact) mass is 233 g/mol. The van der Waals surface area contributed by atoms with Gasteiger partial charge in [-0.05, 0) is 19.1 Å². The van der Waals surface area contributed by atoms with Crippen molar-refractivity contribution in [3.63, 3.8) is 0 Å². The molecule has 0 radical (unpaired) electrons. The van der Waals surface area contributed by atoms with Crippen molar-refractivity contribution in [1.82, 2.24) is 4.98 Å². The summed E-state index contributed by atoms with van der Waals surface area (Å²) in [5.41, 5.74) is 0.765. The maximum absolute atomic E-state index is 11.5. The summed E-state index contributed by atoms with van der Waals surface area (Å²) in [7, 11) is 0. The number of hydrogen-bond donors (Lipinski definition) is 2. The van der Waals surface area contributed by atoms with Gasteiger partial charge in [0.05, 0.1) is 11.2 Å². The van der Waals surface area contributed by atoms with Crippen LogP contribution in [0.1, 0.15) is 5.01 Å². The van der Waals surface area contributed by atoms with Gasteiger partial charge in [0.25, 0.3) is 0 Å². The molecule has 82 valence electrons. The predicted octanol–water partition coefficient (Wildman–Crippen LogP) is 3.10. The Hall–Kier alpha value is -1.88. The first kappa shape index (κ1) is 10.6. The van der Waals surface area contributed by atoms with E-state index in [0.29, 0.717) is 0 Å². The van der Waals surface area contributed by atoms with Gasteiger partial charge in [-0.2, -0.15) is 0 Å². The van der Waals surface area contributed by atoms with E-state index in [4.69, 9.17) is 0 Å². The van der Waals surface area contributed by atoms with Gasteiger partial charge in [-0.3, -0.25) is 5.32 Å². The van der Waals surface area contributed by atoms with Gasteiger partial charge < -0.3 is 5.32 Å². The van der Waals surface area contributed by atoms with Crippen molar-refractivity contribution in [2.45, 2.75) is 6.92 Å². The van der Waals surface area contributed by atoms with E-state index in [1.165, 1.54) is 11.3 Å². The van der Waals surface area contributed by atoms with E-state index in [1.54, 1.807) is 6.20 Å². The summed E-state index contributed by atoms with van der Waals surface area (Å²) in [6.07, 6.45) is 1.64. The summed E-state index contributed by atoms with van der Waals surface area (Å²) in [6.45, 7) is 1.89. The maximum atomic E-state index is 11.5. The molecule has 0 aliphatic heterocycles. The third-order valence-electron chi connectivity index (χ3n) is 1.89. The third-order valence-corrected chi connectivity index (χ3v) is 2.72. The number of hydrogen-bond acceptors (Lipinski definition) is 3. The molecule has 1 aromatic heterocycles. The number of rotatable bonds is 2. The number of amides is 2. The lowest BCUT2D eigenvalue weighted by Crippen LogP contribution is -2.18. The van der Waals surface area contributed by atoms with Crippen LogP contribution in [0.5, 0.6) is 0 Å². The molecule has 1 aromatic carbocycles. The van der Waals surface area contributed by atoms with E-state index >= 15 is 0 Å². The zero-order valence-corrected chi connectivity index (χ0v) is 9.54. The molecule has 0 atom stereocenters. The molecular formula is C11H11N3OS. The van der Waals surface area contributed by atoms with Gasteiger partial charge in [-0.25, -0.2) is 9.78 Å². The number of aryl methyl sites for hydroxylation is 1. The molecule has 0 unspecified atom stereocenters. The van der Waals surface area contributed by atoms with Crippen molar-refractivity contribution in [3.05, 3.63) is 41.5 Å². The molecular weight excluding hydrogens is 222 g/mol. The van der Waals surface area contributed by atoms with Crippen LogP contribution in [-0.2, 0) is 0 Å². The molecule has 2 rings (SSSR count). The van der Waals surface area contributed by atoms with Gasteiger partial charge in [0, 0.05) is 5.69 Å². The topological polar surface area (TPSA) is 54.0 Å². The second-order valence-electron chi connectivity index (χ2n) is 3.19. The highest BCUT2D eigenvalue weighted by atomic mass is 32.1. The second kappa shape index (κ2) is 4.76. The molecule has 2 aromatic rings. The minimum atomic E-state index is -0.255. The summed E-state index contributed by atoms with van der Waals surface area (Å²) in [6, 6.07) is 9.04. The fraction of sp³-hybridized carbons (Fsp3) is 0.0909. The van der Waals surface area contributed by atoms with Gasteiger partial charge in [0.15, 0.2) is 0 Å². The molecule has 0 bridgehead atoms. The van der Waals surface area contributed by atoms with Crippen LogP contribution in [0.15, 0.2) is 36.5 Å². The van der Waals surface area contributed by atoms with Crippen LogP contribution < -0.4 is 10.6 Å². The molecule has 5 heteroatoms. The minimum absolute atomic E-state index is 0.255. The average Bonchev–Trinajstić information content (AvgIpc) is 2.65. The number of thiazole rings is 1. The Labute approximate surface area is 97.3 Å². The van der Waals surface area contributed by atoms with Crippen molar-refractivity contribution in [2.24, 2.45) is 0 Å². The quantitative estimate of drug-likeness (QED) is 0.837. The first-order chi connectivity index (χ1) is 7.74. The number of carbonyl (C=O) groups is 1. The number of anilines is 2. The molecule has 0 aliphatic carbocycles. The molecule has 0 spiro atoms. The van der Waals surface area contributed by atoms with Crippen LogP contribution in [0.3, 0.4) is 0 Å². The summed E-state index contributed by atoms with van der Waals surface area (Å²) < 4.78 is 0. The number of nitrogens with one attached hydrogen (secondary N) is 2. The maximum Gasteiger partial charge on any atom is 0.324 e. The zero-order chi connectivity index (χ0) is 11.4. The number of carbonyl (C=O) groups excluding carboxylic acids is 1. The van der Waals surface area contributed by atoms with Crippen molar-refractivity contribution < 1.29 is 4.79 Å². The second-order valence-corrected chi connectivity index (χ2v) is 4.42. The third kappa shape index (κ3) is 2.80. The van der Waals surface area contributed by atoms with Crippen LogP contribution in [0.4, 0.5) is 15.5 Å². The van der Waals surface area contributed by atoms with Crippen LogP contribution in [0, 0.1) is 6.92 Å². The molecule has 2 N–H and O–H groups in total. The van der Waals surface area contributed by atoms with Gasteiger partial charge >= 0.3 is 6.03 Å². The van der Waals surface area contributed by atoms with Crippen molar-refractivity contribution in [2.75, 3.05) is 10.6 Å². The molecule has 0 aliphatic rings. The standard InChI is InChI=1S/C11H11N3OS/c1-8-12-7-10(16-8)14-11(15)13-9-5-3-2-4-6-9/h2-7H,1H3,(H2,13,14,15). The van der Waals surface area contributed by atoms with Gasteiger partial charge in [0.2, 0.25) is 0 Å². The molecule has 0 saturated heterocycles. The molecule has 4 nitrogen and oxygen atoms in total. The lowest BCUT2D eigenvalue weighted by Gasteiger charge is -2.04. The van der Waals surface area contributed by atoms with Crippen LogP contribution in [0.2, 0.25) is 0 Å². The molecule has 1 heterocycles. The predicted molar refractivity (Wildman–Crippen MR) is 65.9 cm³/mol. The fourth-order valence-electron chi connectivity index (χ4n) is 1.21. The van der Waals surface area contributed by atoms with E-state index in [1.807, 2.05) is 37.3 Å². The number of urea groups is 1. The summed E-state index contributed by atoms with van der Waals surface area (Å²) in [5.74, 6) is 0. The highest BCUT2D eigenvalue weighted by Crippen LogP contribution is 2.17. The van der Waals surface area contributed by atoms with Crippen molar-refractivity contribution in [3.8, 4) is 0 Å². The van der Waals surface area contributed by atoms with Crippen molar-refractivity contribution >= 4 is 28.1 Å². The Balaban J connectivity index is 1.95. The number of para-hydroxylation sites is 1. The Morgan fingerprint density at radius 3 is 2.62 bits per heavy atom. The largest absolute Gasteiger partial charge is 0.324 e. The van der Waals surface area contributed by atoms with Gasteiger partial charge in [-0.15, -0.1) is 11.3 Å². The molecule has 16 heavy (non-hydrogen) atoms. The van der Waals surface area contributed by atoms with Gasteiger partial charge in [-0.1, -0.05) is 18.2 Å². The Morgan fingerprint density at radius 1 is 1.25 bits per heavy atom. The Bertz CT molecular complexity index is 481. The zero-order valence-electron chi connectivity index (χ0n) is 8.73. The summed E-state index contributed by atoms with van der Waals surface area (Å²) >= 11 is 1.44. The normalized spacial score (nSPS) is 9.81. The average molecular weight is 233 g/mol. The van der Waals surface area contributed by atoms with E-state index in [9.17, 15) is 4.79 Å². The van der Waals surface area contributed by atoms with Crippen LogP contribution in [-0.4, -0.2) is 11.0 Å². The van der Waals surface area contributed by atoms with Gasteiger partial charge in [0.1, 0.15) is 5.00 Å². The van der Waals surface area contributed by atoms with Crippen LogP contribution >= 0.6 is 11.3 Å². The van der Waals surface area contributed by atoms with E-state index in [0.717, 1.165) is 15.7 Å². The summed E-state index contributed by atoms with van der Waals surface area (Å²) in [4.78, 5) is 15.6. The van der Waals surface area contributed by atoms with E-state index < -0.39 is 0 Å². The first-order valence-corrected chi connectivity index (χ1v) is 5.61. The smallest absolute Gasteiger partial charge is 0.308 e. The number of benzene rings is 1. The minimum Gasteiger partial charge on any atom is -0.308 e.